The van der Waals surface area contributed by atoms with Gasteiger partial charge in [-0.15, -0.1) is 0 Å². The van der Waals surface area contributed by atoms with Crippen LogP contribution in [0, 0.1) is 11.8 Å². The zero-order chi connectivity index (χ0) is 16.0. The molecule has 0 fully saturated rings. The first kappa shape index (κ1) is 17.1. The molecule has 1 amide bonds. The van der Waals surface area contributed by atoms with E-state index in [1.54, 1.807) is 39.0 Å². The van der Waals surface area contributed by atoms with Crippen LogP contribution in [0.15, 0.2) is 18.2 Å². The van der Waals surface area contributed by atoms with E-state index in [4.69, 9.17) is 16.3 Å². The number of ether oxygens (including phenoxy) is 1. The van der Waals surface area contributed by atoms with Crippen molar-refractivity contribution in [2.24, 2.45) is 0 Å². The fraction of sp³-hybridized carbons (Fsp3) is 0.375. The second-order valence-electron chi connectivity index (χ2n) is 5.41. The molecule has 0 aliphatic carbocycles. The minimum absolute atomic E-state index is 0.0916. The Morgan fingerprint density at radius 3 is 2.52 bits per heavy atom. The molecule has 4 nitrogen and oxygen atoms in total. The third kappa shape index (κ3) is 6.33. The fourth-order valence-electron chi connectivity index (χ4n) is 1.46. The van der Waals surface area contributed by atoms with Crippen molar-refractivity contribution in [3.8, 4) is 11.8 Å². The van der Waals surface area contributed by atoms with E-state index in [9.17, 15) is 9.59 Å². The SMILES string of the molecule is CC(=O)c1ccc(C#CCNC(=O)OC(C)(C)C)cc1Cl. The zero-order valence-electron chi connectivity index (χ0n) is 12.5. The van der Waals surface area contributed by atoms with Gasteiger partial charge in [-0.1, -0.05) is 23.4 Å². The molecule has 0 saturated heterocycles. The smallest absolute Gasteiger partial charge is 0.408 e. The van der Waals surface area contributed by atoms with E-state index in [0.717, 1.165) is 0 Å². The topological polar surface area (TPSA) is 55.4 Å². The standard InChI is InChI=1S/C16H18ClNO3/c1-11(19)13-8-7-12(10-14(13)17)6-5-9-18-15(20)21-16(2,3)4/h7-8,10H,9H2,1-4H3,(H,18,20). The van der Waals surface area contributed by atoms with Crippen LogP contribution >= 0.6 is 11.6 Å². The summed E-state index contributed by atoms with van der Waals surface area (Å²) in [6.45, 7) is 6.99. The predicted octanol–water partition coefficient (Wildman–Crippen LogP) is 3.42. The van der Waals surface area contributed by atoms with Gasteiger partial charge in [0.25, 0.3) is 0 Å². The Morgan fingerprint density at radius 1 is 1.33 bits per heavy atom. The summed E-state index contributed by atoms with van der Waals surface area (Å²) in [5.41, 5.74) is 0.609. The van der Waals surface area contributed by atoms with Gasteiger partial charge in [0.05, 0.1) is 11.6 Å². The summed E-state index contributed by atoms with van der Waals surface area (Å²) in [6, 6.07) is 4.97. The highest BCUT2D eigenvalue weighted by atomic mass is 35.5. The Morgan fingerprint density at radius 2 is 2.00 bits per heavy atom. The highest BCUT2D eigenvalue weighted by Crippen LogP contribution is 2.17. The Hall–Kier alpha value is -1.99. The number of halogens is 1. The van der Waals surface area contributed by atoms with E-state index in [2.05, 4.69) is 17.2 Å². The van der Waals surface area contributed by atoms with Crippen molar-refractivity contribution in [2.45, 2.75) is 33.3 Å². The molecule has 0 aromatic heterocycles. The predicted molar refractivity (Wildman–Crippen MR) is 82.6 cm³/mol. The molecule has 0 unspecified atom stereocenters. The van der Waals surface area contributed by atoms with Crippen LogP contribution in [-0.4, -0.2) is 24.0 Å². The van der Waals surface area contributed by atoms with Crippen molar-refractivity contribution in [1.82, 2.24) is 5.32 Å². The van der Waals surface area contributed by atoms with E-state index < -0.39 is 11.7 Å². The average Bonchev–Trinajstić information content (AvgIpc) is 2.32. The lowest BCUT2D eigenvalue weighted by Crippen LogP contribution is -2.32. The minimum atomic E-state index is -0.534. The van der Waals surface area contributed by atoms with Crippen molar-refractivity contribution >= 4 is 23.5 Å². The maximum Gasteiger partial charge on any atom is 0.408 e. The van der Waals surface area contributed by atoms with Gasteiger partial charge in [-0.3, -0.25) is 4.79 Å². The Kier molecular flexibility index (Phi) is 5.80. The second-order valence-corrected chi connectivity index (χ2v) is 5.82. The molecule has 0 heterocycles. The average molecular weight is 308 g/mol. The van der Waals surface area contributed by atoms with Gasteiger partial charge in [-0.2, -0.15) is 0 Å². The van der Waals surface area contributed by atoms with Crippen LogP contribution in [0.5, 0.6) is 0 Å². The number of hydrogen-bond donors (Lipinski definition) is 1. The summed E-state index contributed by atoms with van der Waals surface area (Å²) in [4.78, 5) is 22.6. The summed E-state index contributed by atoms with van der Waals surface area (Å²) in [7, 11) is 0. The molecule has 0 aliphatic heterocycles. The molecule has 0 bridgehead atoms. The first-order valence-corrected chi connectivity index (χ1v) is 6.83. The summed E-state index contributed by atoms with van der Waals surface area (Å²) < 4.78 is 5.07. The van der Waals surface area contributed by atoms with Crippen LogP contribution in [-0.2, 0) is 4.74 Å². The number of ketones is 1. The summed E-state index contributed by atoms with van der Waals surface area (Å²) in [6.07, 6.45) is -0.512. The van der Waals surface area contributed by atoms with Gasteiger partial charge in [0, 0.05) is 11.1 Å². The molecule has 0 aliphatic rings. The van der Waals surface area contributed by atoms with Crippen molar-refractivity contribution in [3.05, 3.63) is 34.3 Å². The second kappa shape index (κ2) is 7.14. The van der Waals surface area contributed by atoms with Crippen molar-refractivity contribution in [1.29, 1.82) is 0 Å². The molecular weight excluding hydrogens is 290 g/mol. The molecule has 5 heteroatoms. The number of alkyl carbamates (subject to hydrolysis) is 1. The number of benzene rings is 1. The number of nitrogens with one attached hydrogen (secondary N) is 1. The van der Waals surface area contributed by atoms with Crippen LogP contribution in [0.3, 0.4) is 0 Å². The van der Waals surface area contributed by atoms with Gasteiger partial charge < -0.3 is 10.1 Å². The zero-order valence-corrected chi connectivity index (χ0v) is 13.3. The fourth-order valence-corrected chi connectivity index (χ4v) is 1.77. The van der Waals surface area contributed by atoms with Crippen LogP contribution < -0.4 is 5.32 Å². The monoisotopic (exact) mass is 307 g/mol. The molecule has 1 aromatic carbocycles. The first-order valence-electron chi connectivity index (χ1n) is 6.45. The molecule has 1 N–H and O–H groups in total. The Balaban J connectivity index is 2.58. The van der Waals surface area contributed by atoms with E-state index >= 15 is 0 Å². The van der Waals surface area contributed by atoms with Crippen LogP contribution in [0.4, 0.5) is 4.79 Å². The Labute approximate surface area is 129 Å². The number of amides is 1. The lowest BCUT2D eigenvalue weighted by atomic mass is 10.1. The van der Waals surface area contributed by atoms with Gasteiger partial charge in [-0.25, -0.2) is 4.79 Å². The van der Waals surface area contributed by atoms with Gasteiger partial charge in [-0.05, 0) is 45.9 Å². The lowest BCUT2D eigenvalue weighted by molar-refractivity contribution is 0.0535. The third-order valence-electron chi connectivity index (χ3n) is 2.30. The third-order valence-corrected chi connectivity index (χ3v) is 2.61. The van der Waals surface area contributed by atoms with E-state index in [-0.39, 0.29) is 12.3 Å². The Bertz CT molecular complexity index is 606. The van der Waals surface area contributed by atoms with Gasteiger partial charge in [0.2, 0.25) is 0 Å². The number of hydrogen-bond acceptors (Lipinski definition) is 3. The number of carbonyl (C=O) groups is 2. The van der Waals surface area contributed by atoms with Crippen LogP contribution in [0.1, 0.15) is 43.6 Å². The summed E-state index contributed by atoms with van der Waals surface area (Å²) in [5.74, 6) is 5.55. The molecule has 0 spiro atoms. The molecule has 1 rings (SSSR count). The molecule has 1 aromatic rings. The van der Waals surface area contributed by atoms with Crippen molar-refractivity contribution in [3.63, 3.8) is 0 Å². The molecular formula is C16H18ClNO3. The summed E-state index contributed by atoms with van der Waals surface area (Å²) in [5, 5.41) is 2.90. The lowest BCUT2D eigenvalue weighted by Gasteiger charge is -2.18. The quantitative estimate of drug-likeness (QED) is 0.673. The van der Waals surface area contributed by atoms with E-state index in [0.29, 0.717) is 16.1 Å². The maximum absolute atomic E-state index is 11.4. The van der Waals surface area contributed by atoms with Gasteiger partial charge in [0.15, 0.2) is 5.78 Å². The molecule has 0 radical (unpaired) electrons. The van der Waals surface area contributed by atoms with Crippen LogP contribution in [0.2, 0.25) is 5.02 Å². The largest absolute Gasteiger partial charge is 0.444 e. The van der Waals surface area contributed by atoms with E-state index in [1.807, 2.05) is 0 Å². The molecule has 21 heavy (non-hydrogen) atoms. The molecule has 0 atom stereocenters. The molecule has 0 saturated carbocycles. The number of rotatable bonds is 2. The van der Waals surface area contributed by atoms with Gasteiger partial charge in [0.1, 0.15) is 5.60 Å². The normalized spacial score (nSPS) is 10.3. The highest BCUT2D eigenvalue weighted by molar-refractivity contribution is 6.33. The molecule has 112 valence electrons. The highest BCUT2D eigenvalue weighted by Gasteiger charge is 2.15. The van der Waals surface area contributed by atoms with Crippen molar-refractivity contribution < 1.29 is 14.3 Å². The summed E-state index contributed by atoms with van der Waals surface area (Å²) >= 11 is 5.98. The number of Topliss-reactive ketones (excluding diaryl/α,β-unsaturated/α-hetero) is 1. The maximum atomic E-state index is 11.4. The van der Waals surface area contributed by atoms with E-state index in [1.165, 1.54) is 6.92 Å². The van der Waals surface area contributed by atoms with Crippen molar-refractivity contribution in [2.75, 3.05) is 6.54 Å². The van der Waals surface area contributed by atoms with Gasteiger partial charge >= 0.3 is 6.09 Å². The first-order chi connectivity index (χ1) is 9.69. The van der Waals surface area contributed by atoms with Crippen LogP contribution in [0.25, 0.3) is 0 Å². The minimum Gasteiger partial charge on any atom is -0.444 e. The number of carbonyl (C=O) groups excluding carboxylic acids is 2.